The molecule has 14 heavy (non-hydrogen) atoms. The molecule has 0 radical (unpaired) electrons. The number of rotatable bonds is 2. The van der Waals surface area contributed by atoms with Crippen molar-refractivity contribution in [1.29, 1.82) is 0 Å². The van der Waals surface area contributed by atoms with Crippen LogP contribution in [-0.2, 0) is 9.53 Å². The minimum atomic E-state index is -0.238. The van der Waals surface area contributed by atoms with E-state index in [-0.39, 0.29) is 17.4 Å². The van der Waals surface area contributed by atoms with Crippen LogP contribution in [0.5, 0.6) is 0 Å². The number of likely N-dealkylation sites (tertiary alicyclic amines) is 1. The maximum atomic E-state index is 11.3. The first-order valence-corrected chi connectivity index (χ1v) is 5.23. The van der Waals surface area contributed by atoms with E-state index in [9.17, 15) is 4.79 Å². The van der Waals surface area contributed by atoms with Gasteiger partial charge >= 0.3 is 0 Å². The lowest BCUT2D eigenvalue weighted by molar-refractivity contribution is -0.145. The van der Waals surface area contributed by atoms with Crippen molar-refractivity contribution < 1.29 is 9.53 Å². The van der Waals surface area contributed by atoms with Crippen molar-refractivity contribution in [1.82, 2.24) is 4.90 Å². The summed E-state index contributed by atoms with van der Waals surface area (Å²) < 4.78 is 5.32. The molecule has 1 unspecified atom stereocenters. The van der Waals surface area contributed by atoms with Crippen LogP contribution in [0, 0.1) is 5.41 Å². The summed E-state index contributed by atoms with van der Waals surface area (Å²) in [7, 11) is 0. The van der Waals surface area contributed by atoms with Crippen LogP contribution in [0.4, 0.5) is 0 Å². The number of ether oxygens (including phenoxy) is 1. The molecule has 0 bridgehead atoms. The van der Waals surface area contributed by atoms with Gasteiger partial charge in [0.05, 0.1) is 0 Å². The molecule has 2 heterocycles. The van der Waals surface area contributed by atoms with Gasteiger partial charge in [0, 0.05) is 26.3 Å². The fraction of sp³-hybridized carbons (Fsp3) is 0.900. The number of nitrogens with zero attached hydrogens (tertiary/aromatic N) is 1. The molecule has 0 aromatic rings. The highest BCUT2D eigenvalue weighted by atomic mass is 16.5. The summed E-state index contributed by atoms with van der Waals surface area (Å²) in [5.41, 5.74) is 5.79. The second-order valence-electron chi connectivity index (χ2n) is 4.75. The molecule has 80 valence electrons. The number of amides is 1. The Bertz CT molecular complexity index is 236. The smallest absolute Gasteiger partial charge is 0.241 e. The van der Waals surface area contributed by atoms with Gasteiger partial charge in [0.15, 0.2) is 0 Å². The summed E-state index contributed by atoms with van der Waals surface area (Å²) in [6.07, 6.45) is 2.10. The fourth-order valence-electron chi connectivity index (χ4n) is 2.15. The number of hydrogen-bond acceptors (Lipinski definition) is 3. The Balaban J connectivity index is 1.87. The van der Waals surface area contributed by atoms with Crippen LogP contribution in [0.1, 0.15) is 19.8 Å². The molecule has 0 aliphatic carbocycles. The van der Waals surface area contributed by atoms with Crippen molar-refractivity contribution in [3.63, 3.8) is 0 Å². The minimum absolute atomic E-state index is 0.109. The lowest BCUT2D eigenvalue weighted by Gasteiger charge is -2.44. The lowest BCUT2D eigenvalue weighted by Crippen LogP contribution is -2.63. The second-order valence-corrected chi connectivity index (χ2v) is 4.75. The summed E-state index contributed by atoms with van der Waals surface area (Å²) in [4.78, 5) is 13.2. The molecular formula is C10H18N2O2. The number of carbonyl (C=O) groups excluding carboxylic acids is 1. The zero-order valence-corrected chi connectivity index (χ0v) is 8.66. The monoisotopic (exact) mass is 198 g/mol. The van der Waals surface area contributed by atoms with Gasteiger partial charge in [0.25, 0.3) is 0 Å². The molecule has 2 aliphatic heterocycles. The molecule has 2 fully saturated rings. The highest BCUT2D eigenvalue weighted by Crippen LogP contribution is 2.32. The number of nitrogens with two attached hydrogens (primary N) is 1. The van der Waals surface area contributed by atoms with Gasteiger partial charge in [0.1, 0.15) is 6.04 Å². The predicted octanol–water partition coefficient (Wildman–Crippen LogP) is -0.0274. The Morgan fingerprint density at radius 2 is 2.21 bits per heavy atom. The van der Waals surface area contributed by atoms with Crippen LogP contribution >= 0.6 is 0 Å². The van der Waals surface area contributed by atoms with Gasteiger partial charge in [-0.05, 0) is 18.3 Å². The van der Waals surface area contributed by atoms with E-state index < -0.39 is 0 Å². The summed E-state index contributed by atoms with van der Waals surface area (Å²) >= 11 is 0. The SMILES string of the molecule is CC1(CN2CC(N)C2=O)CCOCC1. The highest BCUT2D eigenvalue weighted by Gasteiger charge is 2.39. The zero-order chi connectivity index (χ0) is 10.2. The molecule has 2 rings (SSSR count). The Labute approximate surface area is 84.4 Å². The van der Waals surface area contributed by atoms with E-state index in [2.05, 4.69) is 6.92 Å². The highest BCUT2D eigenvalue weighted by molar-refractivity contribution is 5.87. The van der Waals surface area contributed by atoms with Crippen molar-refractivity contribution >= 4 is 5.91 Å². The van der Waals surface area contributed by atoms with Crippen molar-refractivity contribution in [2.24, 2.45) is 11.1 Å². The van der Waals surface area contributed by atoms with E-state index in [1.54, 1.807) is 0 Å². The third kappa shape index (κ3) is 1.77. The van der Waals surface area contributed by atoms with Crippen molar-refractivity contribution in [3.05, 3.63) is 0 Å². The van der Waals surface area contributed by atoms with Crippen LogP contribution in [0.25, 0.3) is 0 Å². The van der Waals surface area contributed by atoms with E-state index in [0.717, 1.165) is 39.1 Å². The first-order valence-electron chi connectivity index (χ1n) is 5.23. The summed E-state index contributed by atoms with van der Waals surface area (Å²) in [5, 5.41) is 0. The third-order valence-corrected chi connectivity index (χ3v) is 3.32. The maximum Gasteiger partial charge on any atom is 0.241 e. The minimum Gasteiger partial charge on any atom is -0.381 e. The third-order valence-electron chi connectivity index (χ3n) is 3.32. The molecule has 4 nitrogen and oxygen atoms in total. The molecular weight excluding hydrogens is 180 g/mol. The molecule has 2 N–H and O–H groups in total. The van der Waals surface area contributed by atoms with Gasteiger partial charge in [-0.2, -0.15) is 0 Å². The Hall–Kier alpha value is -0.610. The van der Waals surface area contributed by atoms with Crippen LogP contribution in [0.2, 0.25) is 0 Å². The van der Waals surface area contributed by atoms with Crippen molar-refractivity contribution in [2.75, 3.05) is 26.3 Å². The Morgan fingerprint density at radius 3 is 2.71 bits per heavy atom. The molecule has 0 spiro atoms. The van der Waals surface area contributed by atoms with Gasteiger partial charge in [-0.3, -0.25) is 4.79 Å². The van der Waals surface area contributed by atoms with E-state index in [1.807, 2.05) is 4.90 Å². The molecule has 2 saturated heterocycles. The molecule has 0 aromatic heterocycles. The van der Waals surface area contributed by atoms with E-state index in [4.69, 9.17) is 10.5 Å². The van der Waals surface area contributed by atoms with Crippen LogP contribution < -0.4 is 5.73 Å². The molecule has 0 saturated carbocycles. The quantitative estimate of drug-likeness (QED) is 0.634. The summed E-state index contributed by atoms with van der Waals surface area (Å²) in [5.74, 6) is 0.109. The second kappa shape index (κ2) is 3.51. The standard InChI is InChI=1S/C10H18N2O2/c1-10(2-4-14-5-3-10)7-12-6-8(11)9(12)13/h8H,2-7,11H2,1H3. The first-order chi connectivity index (χ1) is 6.61. The van der Waals surface area contributed by atoms with Gasteiger partial charge in [-0.1, -0.05) is 6.92 Å². The van der Waals surface area contributed by atoms with Gasteiger partial charge in [-0.25, -0.2) is 0 Å². The molecule has 1 amide bonds. The number of hydrogen-bond donors (Lipinski definition) is 1. The van der Waals surface area contributed by atoms with Gasteiger partial charge < -0.3 is 15.4 Å². The van der Waals surface area contributed by atoms with Crippen molar-refractivity contribution in [3.8, 4) is 0 Å². The van der Waals surface area contributed by atoms with E-state index >= 15 is 0 Å². The number of carbonyl (C=O) groups is 1. The zero-order valence-electron chi connectivity index (χ0n) is 8.66. The van der Waals surface area contributed by atoms with Crippen LogP contribution in [0.15, 0.2) is 0 Å². The maximum absolute atomic E-state index is 11.3. The van der Waals surface area contributed by atoms with Crippen LogP contribution in [0.3, 0.4) is 0 Å². The van der Waals surface area contributed by atoms with Crippen molar-refractivity contribution in [2.45, 2.75) is 25.8 Å². The fourth-order valence-corrected chi connectivity index (χ4v) is 2.15. The molecule has 2 aliphatic rings. The molecule has 0 aromatic carbocycles. The lowest BCUT2D eigenvalue weighted by atomic mass is 9.81. The predicted molar refractivity (Wildman–Crippen MR) is 52.7 cm³/mol. The average Bonchev–Trinajstić information content (AvgIpc) is 2.18. The van der Waals surface area contributed by atoms with Gasteiger partial charge in [-0.15, -0.1) is 0 Å². The van der Waals surface area contributed by atoms with Gasteiger partial charge in [0.2, 0.25) is 5.91 Å². The first kappa shape index (κ1) is 9.93. The normalized spacial score (nSPS) is 31.4. The van der Waals surface area contributed by atoms with E-state index in [0.29, 0.717) is 0 Å². The summed E-state index contributed by atoms with van der Waals surface area (Å²) in [6, 6.07) is -0.238. The topological polar surface area (TPSA) is 55.6 Å². The Kier molecular flexibility index (Phi) is 2.49. The average molecular weight is 198 g/mol. The largest absolute Gasteiger partial charge is 0.381 e. The van der Waals surface area contributed by atoms with Crippen LogP contribution in [-0.4, -0.2) is 43.2 Å². The molecule has 1 atom stereocenters. The Morgan fingerprint density at radius 1 is 1.57 bits per heavy atom. The number of β-lactam (4-membered cyclic amide) rings is 1. The van der Waals surface area contributed by atoms with E-state index in [1.165, 1.54) is 0 Å². The molecule has 4 heteroatoms. The summed E-state index contributed by atoms with van der Waals surface area (Å²) in [6.45, 7) is 5.46.